The predicted octanol–water partition coefficient (Wildman–Crippen LogP) is 5.84. The quantitative estimate of drug-likeness (QED) is 0.561. The summed E-state index contributed by atoms with van der Waals surface area (Å²) in [6, 6.07) is 0. The van der Waals surface area contributed by atoms with E-state index in [0.29, 0.717) is 29.1 Å². The van der Waals surface area contributed by atoms with E-state index in [4.69, 9.17) is 0 Å². The van der Waals surface area contributed by atoms with Gasteiger partial charge in [-0.3, -0.25) is 4.79 Å². The Morgan fingerprint density at radius 3 is 2.03 bits per heavy atom. The highest BCUT2D eigenvalue weighted by molar-refractivity contribution is 7.12. The molecule has 1 aromatic rings. The lowest BCUT2D eigenvalue weighted by Gasteiger charge is -2.32. The van der Waals surface area contributed by atoms with Gasteiger partial charge >= 0.3 is 12.4 Å². The topological polar surface area (TPSA) is 53.4 Å². The molecule has 2 heterocycles. The van der Waals surface area contributed by atoms with Gasteiger partial charge in [-0.15, -0.1) is 11.3 Å². The molecular formula is C20H26F6N2O2S. The number of carbonyl (C=O) groups is 1. The second kappa shape index (κ2) is 9.25. The zero-order valence-electron chi connectivity index (χ0n) is 17.1. The molecule has 0 spiro atoms. The average molecular weight is 472 g/mol. The average Bonchev–Trinajstić information content (AvgIpc) is 3.17. The molecule has 1 N–H and O–H groups in total. The van der Waals surface area contributed by atoms with Crippen molar-refractivity contribution < 1.29 is 36.2 Å². The van der Waals surface area contributed by atoms with Gasteiger partial charge in [-0.05, 0) is 44.9 Å². The van der Waals surface area contributed by atoms with E-state index in [9.17, 15) is 36.2 Å². The van der Waals surface area contributed by atoms with E-state index in [1.807, 2.05) is 0 Å². The summed E-state index contributed by atoms with van der Waals surface area (Å²) in [7, 11) is 0. The Bertz CT molecular complexity index is 763. The first-order chi connectivity index (χ1) is 14.4. The Hall–Kier alpha value is -1.36. The Balaban J connectivity index is 1.75. The zero-order chi connectivity index (χ0) is 23.0. The second-order valence-electron chi connectivity index (χ2n) is 8.39. The maximum absolute atomic E-state index is 13.0. The largest absolute Gasteiger partial charge is 0.391 e. The third-order valence-electron chi connectivity index (χ3n) is 6.35. The first-order valence-electron chi connectivity index (χ1n) is 10.5. The molecule has 2 aliphatic rings. The van der Waals surface area contributed by atoms with Crippen molar-refractivity contribution in [1.82, 2.24) is 9.88 Å². The summed E-state index contributed by atoms with van der Waals surface area (Å²) in [4.78, 5) is 19.1. The van der Waals surface area contributed by atoms with Gasteiger partial charge in [0.1, 0.15) is 5.69 Å². The van der Waals surface area contributed by atoms with Crippen LogP contribution in [0.4, 0.5) is 26.3 Å². The van der Waals surface area contributed by atoms with Gasteiger partial charge in [0.05, 0.1) is 27.8 Å². The summed E-state index contributed by atoms with van der Waals surface area (Å²) in [6.07, 6.45) is -8.93. The van der Waals surface area contributed by atoms with Gasteiger partial charge in [-0.1, -0.05) is 6.92 Å². The molecule has 1 saturated heterocycles. The molecule has 176 valence electrons. The van der Waals surface area contributed by atoms with Gasteiger partial charge in [-0.2, -0.15) is 26.3 Å². The fraction of sp³-hybridized carbons (Fsp3) is 0.800. The highest BCUT2D eigenvalue weighted by Crippen LogP contribution is 2.45. The Labute approximate surface area is 180 Å². The van der Waals surface area contributed by atoms with Crippen LogP contribution in [0.15, 0.2) is 0 Å². The minimum atomic E-state index is -4.29. The molecule has 1 atom stereocenters. The van der Waals surface area contributed by atoms with Crippen molar-refractivity contribution in [3.05, 3.63) is 15.6 Å². The van der Waals surface area contributed by atoms with Crippen LogP contribution in [0, 0.1) is 11.8 Å². The normalized spacial score (nSPS) is 25.0. The smallest absolute Gasteiger partial charge is 0.388 e. The number of hydrogen-bond acceptors (Lipinski definition) is 4. The third-order valence-corrected chi connectivity index (χ3v) is 7.67. The lowest BCUT2D eigenvalue weighted by atomic mass is 9.82. The van der Waals surface area contributed by atoms with Crippen LogP contribution in [0.3, 0.4) is 0 Å². The number of halogens is 6. The van der Waals surface area contributed by atoms with E-state index in [-0.39, 0.29) is 50.4 Å². The van der Waals surface area contributed by atoms with E-state index in [0.717, 1.165) is 11.3 Å². The number of aliphatic hydroxyl groups excluding tert-OH is 1. The maximum atomic E-state index is 13.0. The van der Waals surface area contributed by atoms with Crippen molar-refractivity contribution in [2.24, 2.45) is 11.8 Å². The number of nitrogens with zero attached hydrogens (tertiary/aromatic N) is 2. The first kappa shape index (κ1) is 24.3. The minimum absolute atomic E-state index is 0.00630. The lowest BCUT2D eigenvalue weighted by Crippen LogP contribution is -2.42. The van der Waals surface area contributed by atoms with E-state index in [1.165, 1.54) is 4.90 Å². The van der Waals surface area contributed by atoms with E-state index in [1.54, 1.807) is 6.92 Å². The zero-order valence-corrected chi connectivity index (χ0v) is 17.9. The van der Waals surface area contributed by atoms with Gasteiger partial charge in [0, 0.05) is 19.0 Å². The number of hydrogen-bond donors (Lipinski definition) is 1. The molecule has 31 heavy (non-hydrogen) atoms. The summed E-state index contributed by atoms with van der Waals surface area (Å²) < 4.78 is 77.5. The van der Waals surface area contributed by atoms with Crippen molar-refractivity contribution in [2.75, 3.05) is 13.1 Å². The van der Waals surface area contributed by atoms with Crippen molar-refractivity contribution in [1.29, 1.82) is 0 Å². The van der Waals surface area contributed by atoms with Gasteiger partial charge in [0.2, 0.25) is 0 Å². The van der Waals surface area contributed by atoms with E-state index >= 15 is 0 Å². The number of alkyl halides is 6. The molecule has 4 nitrogen and oxygen atoms in total. The molecule has 1 aliphatic carbocycles. The van der Waals surface area contributed by atoms with Crippen LogP contribution in [-0.4, -0.2) is 46.3 Å². The fourth-order valence-corrected chi connectivity index (χ4v) is 5.61. The molecule has 1 aromatic heterocycles. The highest BCUT2D eigenvalue weighted by Gasteiger charge is 2.44. The van der Waals surface area contributed by atoms with Crippen LogP contribution in [-0.2, 0) is 0 Å². The predicted molar refractivity (Wildman–Crippen MR) is 103 cm³/mol. The van der Waals surface area contributed by atoms with Crippen molar-refractivity contribution in [3.63, 3.8) is 0 Å². The van der Waals surface area contributed by atoms with Crippen LogP contribution in [0.1, 0.15) is 84.3 Å². The summed E-state index contributed by atoms with van der Waals surface area (Å²) in [5, 5.41) is 10.9. The van der Waals surface area contributed by atoms with Crippen molar-refractivity contribution in [3.8, 4) is 0 Å². The second-order valence-corrected chi connectivity index (χ2v) is 9.45. The summed E-state index contributed by atoms with van der Waals surface area (Å²) in [5.41, 5.74) is 0.0257. The molecule has 0 aromatic carbocycles. The third kappa shape index (κ3) is 5.53. The summed E-state index contributed by atoms with van der Waals surface area (Å²) in [6.45, 7) is 1.63. The lowest BCUT2D eigenvalue weighted by molar-refractivity contribution is -0.184. The molecule has 11 heteroatoms. The van der Waals surface area contributed by atoms with Crippen LogP contribution in [0.2, 0.25) is 0 Å². The molecule has 3 rings (SSSR count). The van der Waals surface area contributed by atoms with Crippen LogP contribution < -0.4 is 0 Å². The number of thiazole rings is 1. The van der Waals surface area contributed by atoms with Gasteiger partial charge in [0.15, 0.2) is 0 Å². The maximum Gasteiger partial charge on any atom is 0.391 e. The summed E-state index contributed by atoms with van der Waals surface area (Å²) >= 11 is 1.13. The van der Waals surface area contributed by atoms with E-state index in [2.05, 4.69) is 4.98 Å². The Morgan fingerprint density at radius 1 is 1.03 bits per heavy atom. The van der Waals surface area contributed by atoms with Crippen molar-refractivity contribution in [2.45, 2.75) is 76.2 Å². The van der Waals surface area contributed by atoms with E-state index < -0.39 is 36.2 Å². The first-order valence-corrected chi connectivity index (χ1v) is 11.3. The monoisotopic (exact) mass is 472 g/mol. The number of carbonyl (C=O) groups excluding carboxylic acids is 1. The number of piperidine rings is 1. The SMILES string of the molecule is CCC(O)c1sc([C@H]2CC[C@H](C(F)(F)F)CC2)nc1C(=O)N1CCC(C(F)(F)F)CC1. The van der Waals surface area contributed by atoms with Gasteiger partial charge in [0.25, 0.3) is 5.91 Å². The van der Waals surface area contributed by atoms with Gasteiger partial charge in [-0.25, -0.2) is 4.98 Å². The number of likely N-dealkylation sites (tertiary alicyclic amines) is 1. The highest BCUT2D eigenvalue weighted by atomic mass is 32.1. The molecular weight excluding hydrogens is 446 g/mol. The molecule has 0 radical (unpaired) electrons. The van der Waals surface area contributed by atoms with Crippen LogP contribution in [0.5, 0.6) is 0 Å². The van der Waals surface area contributed by atoms with Crippen LogP contribution >= 0.6 is 11.3 Å². The Kier molecular flexibility index (Phi) is 7.25. The number of aromatic nitrogens is 1. The number of rotatable bonds is 4. The molecule has 1 saturated carbocycles. The minimum Gasteiger partial charge on any atom is -0.388 e. The number of aliphatic hydroxyl groups is 1. The molecule has 1 amide bonds. The number of amides is 1. The fourth-order valence-electron chi connectivity index (χ4n) is 4.32. The van der Waals surface area contributed by atoms with Gasteiger partial charge < -0.3 is 10.0 Å². The Morgan fingerprint density at radius 2 is 1.55 bits per heavy atom. The van der Waals surface area contributed by atoms with Crippen molar-refractivity contribution >= 4 is 17.2 Å². The molecule has 0 bridgehead atoms. The summed E-state index contributed by atoms with van der Waals surface area (Å²) in [5.74, 6) is -3.51. The standard InChI is InChI=1S/C20H26F6N2O2S/c1-2-14(29)16-15(18(30)28-9-7-13(8-10-28)20(24,25)26)27-17(31-16)11-3-5-12(6-4-11)19(21,22)23/h11-14,29H,2-10H2,1H3/t11-,12-,14?. The van der Waals surface area contributed by atoms with Crippen LogP contribution in [0.25, 0.3) is 0 Å². The molecule has 1 aliphatic heterocycles. The molecule has 2 fully saturated rings. The molecule has 1 unspecified atom stereocenters.